The molecule has 6 nitrogen and oxygen atoms in total. The topological polar surface area (TPSA) is 69.7 Å². The Balaban J connectivity index is 1.31. The van der Waals surface area contributed by atoms with Crippen molar-refractivity contribution in [3.05, 3.63) is 59.1 Å². The molecule has 2 heterocycles. The minimum atomic E-state index is -0.331. The van der Waals surface area contributed by atoms with Crippen LogP contribution in [0.5, 0.6) is 0 Å². The van der Waals surface area contributed by atoms with Crippen molar-refractivity contribution in [3.8, 4) is 0 Å². The third kappa shape index (κ3) is 4.74. The molecule has 7 heteroatoms. The van der Waals surface area contributed by atoms with Crippen LogP contribution in [0.2, 0.25) is 5.02 Å². The van der Waals surface area contributed by atoms with E-state index in [-0.39, 0.29) is 36.0 Å². The molecule has 2 fully saturated rings. The van der Waals surface area contributed by atoms with Crippen LogP contribution in [0.1, 0.15) is 24.8 Å². The molecular formula is C24H26ClN3O3. The Morgan fingerprint density at radius 3 is 2.35 bits per heavy atom. The van der Waals surface area contributed by atoms with Crippen LogP contribution in [0.25, 0.3) is 0 Å². The number of para-hydroxylation sites is 1. The van der Waals surface area contributed by atoms with Crippen LogP contribution in [0.15, 0.2) is 48.5 Å². The molecule has 1 N–H and O–H groups in total. The van der Waals surface area contributed by atoms with Gasteiger partial charge in [0.1, 0.15) is 0 Å². The van der Waals surface area contributed by atoms with Crippen molar-refractivity contribution in [3.63, 3.8) is 0 Å². The molecule has 31 heavy (non-hydrogen) atoms. The van der Waals surface area contributed by atoms with Gasteiger partial charge in [-0.1, -0.05) is 41.4 Å². The molecule has 162 valence electrons. The molecule has 1 atom stereocenters. The minimum Gasteiger partial charge on any atom is -0.342 e. The Kier molecular flexibility index (Phi) is 6.28. The predicted molar refractivity (Wildman–Crippen MR) is 121 cm³/mol. The van der Waals surface area contributed by atoms with Gasteiger partial charge < -0.3 is 15.1 Å². The van der Waals surface area contributed by atoms with E-state index in [1.54, 1.807) is 21.9 Å². The molecule has 2 aromatic carbocycles. The van der Waals surface area contributed by atoms with Gasteiger partial charge in [-0.15, -0.1) is 0 Å². The molecule has 4 rings (SSSR count). The summed E-state index contributed by atoms with van der Waals surface area (Å²) >= 11 is 6.12. The summed E-state index contributed by atoms with van der Waals surface area (Å²) in [5, 5.41) is 3.39. The van der Waals surface area contributed by atoms with E-state index in [1.165, 1.54) is 0 Å². The molecule has 2 aromatic rings. The SMILES string of the molecule is Cc1ccc(N2CC(C(=O)N3CCC(C(=O)Nc4ccccc4Cl)CC3)CC2=O)cc1. The second kappa shape index (κ2) is 9.10. The summed E-state index contributed by atoms with van der Waals surface area (Å²) in [4.78, 5) is 41.6. The van der Waals surface area contributed by atoms with E-state index >= 15 is 0 Å². The maximum absolute atomic E-state index is 13.0. The number of benzene rings is 2. The first kappa shape index (κ1) is 21.4. The lowest BCUT2D eigenvalue weighted by molar-refractivity contribution is -0.138. The zero-order valence-corrected chi connectivity index (χ0v) is 18.3. The number of hydrogen-bond donors (Lipinski definition) is 1. The molecule has 0 bridgehead atoms. The fraction of sp³-hybridized carbons (Fsp3) is 0.375. The van der Waals surface area contributed by atoms with E-state index in [2.05, 4.69) is 5.32 Å². The number of amides is 3. The van der Waals surface area contributed by atoms with Crippen LogP contribution in [0.4, 0.5) is 11.4 Å². The zero-order chi connectivity index (χ0) is 22.0. The molecule has 1 unspecified atom stereocenters. The van der Waals surface area contributed by atoms with Crippen LogP contribution in [0.3, 0.4) is 0 Å². The van der Waals surface area contributed by atoms with Gasteiger partial charge in [0.15, 0.2) is 0 Å². The van der Waals surface area contributed by atoms with Gasteiger partial charge in [-0.05, 0) is 44.0 Å². The van der Waals surface area contributed by atoms with Crippen molar-refractivity contribution in [2.24, 2.45) is 11.8 Å². The number of nitrogens with one attached hydrogen (secondary N) is 1. The Morgan fingerprint density at radius 2 is 1.68 bits per heavy atom. The van der Waals surface area contributed by atoms with Crippen LogP contribution in [-0.4, -0.2) is 42.3 Å². The lowest BCUT2D eigenvalue weighted by Gasteiger charge is -2.33. The minimum absolute atomic E-state index is 0.00734. The Bertz CT molecular complexity index is 984. The molecule has 0 aromatic heterocycles. The zero-order valence-electron chi connectivity index (χ0n) is 17.5. The highest BCUT2D eigenvalue weighted by Gasteiger charge is 2.38. The summed E-state index contributed by atoms with van der Waals surface area (Å²) in [6.07, 6.45) is 1.44. The summed E-state index contributed by atoms with van der Waals surface area (Å²) in [6.45, 7) is 3.46. The van der Waals surface area contributed by atoms with Crippen molar-refractivity contribution >= 4 is 40.7 Å². The average molecular weight is 440 g/mol. The summed E-state index contributed by atoms with van der Waals surface area (Å²) in [5.74, 6) is -0.567. The van der Waals surface area contributed by atoms with E-state index in [0.29, 0.717) is 43.2 Å². The molecule has 2 aliphatic heterocycles. The van der Waals surface area contributed by atoms with Crippen molar-refractivity contribution in [1.82, 2.24) is 4.90 Å². The molecule has 0 aliphatic carbocycles. The fourth-order valence-electron chi connectivity index (χ4n) is 4.26. The van der Waals surface area contributed by atoms with Gasteiger partial charge in [0.05, 0.1) is 16.6 Å². The summed E-state index contributed by atoms with van der Waals surface area (Å²) in [5.41, 5.74) is 2.57. The third-order valence-corrected chi connectivity index (χ3v) is 6.46. The van der Waals surface area contributed by atoms with Crippen molar-refractivity contribution in [2.45, 2.75) is 26.2 Å². The van der Waals surface area contributed by atoms with E-state index < -0.39 is 0 Å². The standard InChI is InChI=1S/C24H26ClN3O3/c1-16-6-8-19(9-7-16)28-15-18(14-22(28)29)24(31)27-12-10-17(11-13-27)23(30)26-21-5-3-2-4-20(21)25/h2-9,17-18H,10-15H2,1H3,(H,26,30). The van der Waals surface area contributed by atoms with E-state index in [1.807, 2.05) is 43.3 Å². The Hall–Kier alpha value is -2.86. The van der Waals surface area contributed by atoms with Crippen molar-refractivity contribution in [1.29, 1.82) is 0 Å². The molecule has 3 amide bonds. The highest BCUT2D eigenvalue weighted by Crippen LogP contribution is 2.29. The van der Waals surface area contributed by atoms with E-state index in [9.17, 15) is 14.4 Å². The number of halogens is 1. The van der Waals surface area contributed by atoms with Gasteiger partial charge >= 0.3 is 0 Å². The smallest absolute Gasteiger partial charge is 0.228 e. The maximum Gasteiger partial charge on any atom is 0.228 e. The van der Waals surface area contributed by atoms with Crippen LogP contribution in [-0.2, 0) is 14.4 Å². The number of anilines is 2. The van der Waals surface area contributed by atoms with Crippen molar-refractivity contribution < 1.29 is 14.4 Å². The van der Waals surface area contributed by atoms with Gasteiger partial charge in [0.2, 0.25) is 17.7 Å². The summed E-state index contributed by atoms with van der Waals surface area (Å²) < 4.78 is 0. The van der Waals surface area contributed by atoms with Gasteiger partial charge in [0, 0.05) is 37.7 Å². The number of rotatable bonds is 4. The number of carbonyl (C=O) groups is 3. The summed E-state index contributed by atoms with van der Waals surface area (Å²) in [6, 6.07) is 14.9. The largest absolute Gasteiger partial charge is 0.342 e. The number of hydrogen-bond acceptors (Lipinski definition) is 3. The first-order valence-electron chi connectivity index (χ1n) is 10.6. The second-order valence-corrected chi connectivity index (χ2v) is 8.72. The lowest BCUT2D eigenvalue weighted by atomic mass is 9.94. The Labute approximate surface area is 187 Å². The third-order valence-electron chi connectivity index (χ3n) is 6.13. The number of aryl methyl sites for hydroxylation is 1. The van der Waals surface area contributed by atoms with Crippen molar-refractivity contribution in [2.75, 3.05) is 29.9 Å². The first-order valence-corrected chi connectivity index (χ1v) is 11.0. The number of nitrogens with zero attached hydrogens (tertiary/aromatic N) is 2. The molecule has 0 spiro atoms. The molecule has 2 saturated heterocycles. The lowest BCUT2D eigenvalue weighted by Crippen LogP contribution is -2.44. The second-order valence-electron chi connectivity index (χ2n) is 8.31. The number of likely N-dealkylation sites (tertiary alicyclic amines) is 1. The monoisotopic (exact) mass is 439 g/mol. The number of piperidine rings is 1. The van der Waals surface area contributed by atoms with Gasteiger partial charge in [-0.2, -0.15) is 0 Å². The molecule has 2 aliphatic rings. The normalized spacial score (nSPS) is 19.5. The highest BCUT2D eigenvalue weighted by molar-refractivity contribution is 6.33. The van der Waals surface area contributed by atoms with Crippen LogP contribution >= 0.6 is 11.6 Å². The van der Waals surface area contributed by atoms with Gasteiger partial charge in [-0.25, -0.2) is 0 Å². The molecule has 0 saturated carbocycles. The fourth-order valence-corrected chi connectivity index (χ4v) is 4.45. The quantitative estimate of drug-likeness (QED) is 0.785. The van der Waals surface area contributed by atoms with Gasteiger partial charge in [0.25, 0.3) is 0 Å². The van der Waals surface area contributed by atoms with E-state index in [0.717, 1.165) is 11.3 Å². The average Bonchev–Trinajstić information content (AvgIpc) is 3.17. The highest BCUT2D eigenvalue weighted by atomic mass is 35.5. The van der Waals surface area contributed by atoms with Crippen LogP contribution in [0, 0.1) is 18.8 Å². The van der Waals surface area contributed by atoms with Gasteiger partial charge in [-0.3, -0.25) is 14.4 Å². The molecular weight excluding hydrogens is 414 g/mol. The predicted octanol–water partition coefficient (Wildman–Crippen LogP) is 3.88. The van der Waals surface area contributed by atoms with E-state index in [4.69, 9.17) is 11.6 Å². The van der Waals surface area contributed by atoms with Crippen LogP contribution < -0.4 is 10.2 Å². The first-order chi connectivity index (χ1) is 14.9. The molecule has 0 radical (unpaired) electrons. The number of carbonyl (C=O) groups excluding carboxylic acids is 3. The summed E-state index contributed by atoms with van der Waals surface area (Å²) in [7, 11) is 0. The maximum atomic E-state index is 13.0. The Morgan fingerprint density at radius 1 is 1.00 bits per heavy atom.